The summed E-state index contributed by atoms with van der Waals surface area (Å²) in [5.41, 5.74) is 10.2. The van der Waals surface area contributed by atoms with Crippen molar-refractivity contribution in [1.29, 1.82) is 0 Å². The van der Waals surface area contributed by atoms with Crippen LogP contribution in [-0.2, 0) is 5.41 Å². The van der Waals surface area contributed by atoms with Gasteiger partial charge in [0, 0.05) is 22.1 Å². The monoisotopic (exact) mass is 524 g/mol. The minimum atomic E-state index is -0.160. The van der Waals surface area contributed by atoms with Gasteiger partial charge in [0.15, 0.2) is 5.82 Å². The molecule has 41 heavy (non-hydrogen) atoms. The molecule has 0 saturated heterocycles. The summed E-state index contributed by atoms with van der Waals surface area (Å²) in [6.45, 7) is 4.70. The third kappa shape index (κ3) is 3.72. The van der Waals surface area contributed by atoms with Gasteiger partial charge in [0.05, 0.1) is 11.4 Å². The Morgan fingerprint density at radius 1 is 0.463 bits per heavy atom. The molecule has 0 aliphatic heterocycles. The molecule has 0 fully saturated rings. The van der Waals surface area contributed by atoms with E-state index in [1.54, 1.807) is 0 Å². The van der Waals surface area contributed by atoms with E-state index in [2.05, 4.69) is 135 Å². The lowest BCUT2D eigenvalue weighted by Crippen LogP contribution is -2.15. The predicted octanol–water partition coefficient (Wildman–Crippen LogP) is 10.1. The van der Waals surface area contributed by atoms with Gasteiger partial charge >= 0.3 is 0 Å². The van der Waals surface area contributed by atoms with Gasteiger partial charge in [-0.2, -0.15) is 0 Å². The van der Waals surface area contributed by atoms with Crippen LogP contribution in [0.4, 0.5) is 0 Å². The molecule has 0 amide bonds. The number of aromatic nitrogens is 2. The van der Waals surface area contributed by atoms with Crippen LogP contribution in [-0.4, -0.2) is 9.97 Å². The van der Waals surface area contributed by atoms with Crippen LogP contribution in [0, 0.1) is 0 Å². The second-order valence-corrected chi connectivity index (χ2v) is 11.5. The molecule has 8 rings (SSSR count). The van der Waals surface area contributed by atoms with E-state index < -0.39 is 0 Å². The Kier molecular flexibility index (Phi) is 5.20. The van der Waals surface area contributed by atoms with E-state index in [0.29, 0.717) is 0 Å². The first-order valence-corrected chi connectivity index (χ1v) is 14.2. The molecule has 0 atom stereocenters. The zero-order valence-corrected chi connectivity index (χ0v) is 23.1. The Balaban J connectivity index is 1.50. The fraction of sp³-hybridized carbons (Fsp3) is 0.0769. The van der Waals surface area contributed by atoms with E-state index in [1.807, 2.05) is 12.1 Å². The van der Waals surface area contributed by atoms with Crippen molar-refractivity contribution in [3.63, 3.8) is 0 Å². The van der Waals surface area contributed by atoms with Crippen molar-refractivity contribution in [2.24, 2.45) is 0 Å². The standard InChI is InChI=1S/C39H28N2/c1-39(2)32-22-28-18-10-9-17-27(28)21-31(32)36-33(39)23-29-19-11-12-20-30(29)37(36)38-40-34(25-13-5-3-6-14-25)24-35(41-38)26-15-7-4-8-16-26/h3-24H,1-2H3. The number of benzene rings is 6. The lowest BCUT2D eigenvalue weighted by atomic mass is 9.80. The molecule has 0 bridgehead atoms. The highest BCUT2D eigenvalue weighted by Gasteiger charge is 2.38. The molecule has 2 nitrogen and oxygen atoms in total. The van der Waals surface area contributed by atoms with Crippen molar-refractivity contribution in [3.05, 3.63) is 145 Å². The van der Waals surface area contributed by atoms with Gasteiger partial charge in [-0.15, -0.1) is 0 Å². The summed E-state index contributed by atoms with van der Waals surface area (Å²) < 4.78 is 0. The quantitative estimate of drug-likeness (QED) is 0.230. The highest BCUT2D eigenvalue weighted by atomic mass is 14.9. The maximum atomic E-state index is 5.30. The number of hydrogen-bond donors (Lipinski definition) is 0. The molecule has 0 radical (unpaired) electrons. The van der Waals surface area contributed by atoms with Crippen LogP contribution in [0.5, 0.6) is 0 Å². The summed E-state index contributed by atoms with van der Waals surface area (Å²) in [4.78, 5) is 10.6. The van der Waals surface area contributed by atoms with Gasteiger partial charge in [-0.1, -0.05) is 123 Å². The molecule has 1 heterocycles. The van der Waals surface area contributed by atoms with Gasteiger partial charge in [-0.3, -0.25) is 0 Å². The summed E-state index contributed by atoms with van der Waals surface area (Å²) in [7, 11) is 0. The Bertz CT molecular complexity index is 2050. The second kappa shape index (κ2) is 8.97. The van der Waals surface area contributed by atoms with Crippen LogP contribution in [0.3, 0.4) is 0 Å². The van der Waals surface area contributed by atoms with E-state index in [1.165, 1.54) is 43.8 Å². The molecule has 2 heteroatoms. The highest BCUT2D eigenvalue weighted by molar-refractivity contribution is 6.08. The molecule has 0 saturated carbocycles. The van der Waals surface area contributed by atoms with Crippen molar-refractivity contribution in [2.75, 3.05) is 0 Å². The molecule has 1 aromatic heterocycles. The average Bonchev–Trinajstić information content (AvgIpc) is 3.24. The summed E-state index contributed by atoms with van der Waals surface area (Å²) >= 11 is 0. The van der Waals surface area contributed by atoms with Crippen LogP contribution in [0.15, 0.2) is 133 Å². The second-order valence-electron chi connectivity index (χ2n) is 11.5. The molecule has 0 N–H and O–H groups in total. The van der Waals surface area contributed by atoms with Crippen LogP contribution in [0.25, 0.3) is 66.6 Å². The van der Waals surface area contributed by atoms with Gasteiger partial charge in [0.1, 0.15) is 0 Å². The third-order valence-electron chi connectivity index (χ3n) is 8.64. The van der Waals surface area contributed by atoms with Crippen LogP contribution in [0.1, 0.15) is 25.0 Å². The minimum absolute atomic E-state index is 0.160. The Morgan fingerprint density at radius 2 is 0.976 bits per heavy atom. The number of fused-ring (bicyclic) bond motifs is 5. The predicted molar refractivity (Wildman–Crippen MR) is 171 cm³/mol. The van der Waals surface area contributed by atoms with E-state index >= 15 is 0 Å². The van der Waals surface area contributed by atoms with Gasteiger partial charge in [-0.25, -0.2) is 9.97 Å². The van der Waals surface area contributed by atoms with E-state index in [4.69, 9.17) is 9.97 Å². The molecule has 6 aromatic carbocycles. The van der Waals surface area contributed by atoms with Crippen LogP contribution < -0.4 is 0 Å². The van der Waals surface area contributed by atoms with Gasteiger partial charge in [0.2, 0.25) is 0 Å². The number of rotatable bonds is 3. The minimum Gasteiger partial charge on any atom is -0.228 e. The zero-order valence-electron chi connectivity index (χ0n) is 23.1. The first-order valence-electron chi connectivity index (χ1n) is 14.2. The maximum Gasteiger partial charge on any atom is 0.161 e. The fourth-order valence-corrected chi connectivity index (χ4v) is 6.53. The van der Waals surface area contributed by atoms with Crippen molar-refractivity contribution < 1.29 is 0 Å². The summed E-state index contributed by atoms with van der Waals surface area (Å²) in [6, 6.07) is 47.5. The molecule has 0 spiro atoms. The van der Waals surface area contributed by atoms with Gasteiger partial charge < -0.3 is 0 Å². The van der Waals surface area contributed by atoms with E-state index in [9.17, 15) is 0 Å². The first kappa shape index (κ1) is 23.8. The van der Waals surface area contributed by atoms with Gasteiger partial charge in [-0.05, 0) is 68.1 Å². The molecule has 1 aliphatic rings. The van der Waals surface area contributed by atoms with Crippen molar-refractivity contribution in [2.45, 2.75) is 19.3 Å². The van der Waals surface area contributed by atoms with Gasteiger partial charge in [0.25, 0.3) is 0 Å². The largest absolute Gasteiger partial charge is 0.228 e. The van der Waals surface area contributed by atoms with Crippen LogP contribution in [0.2, 0.25) is 0 Å². The molecule has 1 aliphatic carbocycles. The Hall–Kier alpha value is -5.08. The van der Waals surface area contributed by atoms with E-state index in [-0.39, 0.29) is 5.41 Å². The SMILES string of the molecule is CC1(C)c2cc3ccccc3cc2-c2c1cc1ccccc1c2-c1nc(-c2ccccc2)cc(-c2ccccc2)n1. The topological polar surface area (TPSA) is 25.8 Å². The van der Waals surface area contributed by atoms with Crippen molar-refractivity contribution in [3.8, 4) is 45.0 Å². The summed E-state index contributed by atoms with van der Waals surface area (Å²) in [5.74, 6) is 0.759. The Labute approximate surface area is 240 Å². The Morgan fingerprint density at radius 3 is 1.61 bits per heavy atom. The van der Waals surface area contributed by atoms with Crippen molar-refractivity contribution >= 4 is 21.5 Å². The first-order chi connectivity index (χ1) is 20.1. The lowest BCUT2D eigenvalue weighted by molar-refractivity contribution is 0.662. The molecular formula is C39H28N2. The molecule has 7 aromatic rings. The van der Waals surface area contributed by atoms with E-state index in [0.717, 1.165) is 33.9 Å². The summed E-state index contributed by atoms with van der Waals surface area (Å²) in [6.07, 6.45) is 0. The third-order valence-corrected chi connectivity index (χ3v) is 8.64. The molecular weight excluding hydrogens is 496 g/mol. The smallest absolute Gasteiger partial charge is 0.161 e. The fourth-order valence-electron chi connectivity index (χ4n) is 6.53. The van der Waals surface area contributed by atoms with Crippen molar-refractivity contribution in [1.82, 2.24) is 9.97 Å². The van der Waals surface area contributed by atoms with Crippen LogP contribution >= 0.6 is 0 Å². The maximum absolute atomic E-state index is 5.30. The zero-order chi connectivity index (χ0) is 27.6. The molecule has 194 valence electrons. The number of nitrogens with zero attached hydrogens (tertiary/aromatic N) is 2. The lowest BCUT2D eigenvalue weighted by Gasteiger charge is -2.23. The summed E-state index contributed by atoms with van der Waals surface area (Å²) in [5, 5.41) is 4.90. The number of hydrogen-bond acceptors (Lipinski definition) is 2. The normalized spacial score (nSPS) is 13.3. The average molecular weight is 525 g/mol. The highest BCUT2D eigenvalue weighted by Crippen LogP contribution is 2.54. The molecule has 0 unspecified atom stereocenters.